The summed E-state index contributed by atoms with van der Waals surface area (Å²) < 4.78 is 5.18. The summed E-state index contributed by atoms with van der Waals surface area (Å²) in [6.07, 6.45) is 0.841. The SMILES string of the molecule is COc1cccc(NC(=O)Nc2n[nH]c3c2CCN(Cc2ccccc2)C3)c1. The highest BCUT2D eigenvalue weighted by atomic mass is 16.5. The minimum absolute atomic E-state index is 0.325. The molecule has 0 bridgehead atoms. The maximum absolute atomic E-state index is 12.3. The van der Waals surface area contributed by atoms with Gasteiger partial charge in [0.1, 0.15) is 5.75 Å². The van der Waals surface area contributed by atoms with E-state index in [4.69, 9.17) is 4.74 Å². The number of rotatable bonds is 5. The standard InChI is InChI=1S/C21H23N5O2/c1-28-17-9-5-8-16(12-17)22-21(27)23-20-18-10-11-26(14-19(18)24-25-20)13-15-6-3-2-4-7-15/h2-9,12H,10-11,13-14H2,1H3,(H3,22,23,24,25,27). The van der Waals surface area contributed by atoms with E-state index in [0.717, 1.165) is 37.3 Å². The normalized spacial score (nSPS) is 13.6. The third-order valence-electron chi connectivity index (χ3n) is 4.82. The molecule has 2 aromatic carbocycles. The van der Waals surface area contributed by atoms with Crippen molar-refractivity contribution < 1.29 is 9.53 Å². The number of carbonyl (C=O) groups is 1. The number of benzene rings is 2. The van der Waals surface area contributed by atoms with E-state index in [2.05, 4.69) is 50.0 Å². The average Bonchev–Trinajstić information content (AvgIpc) is 3.10. The Morgan fingerprint density at radius 3 is 2.86 bits per heavy atom. The fourth-order valence-electron chi connectivity index (χ4n) is 3.42. The number of methoxy groups -OCH3 is 1. The van der Waals surface area contributed by atoms with Crippen LogP contribution in [0.5, 0.6) is 5.75 Å². The highest BCUT2D eigenvalue weighted by molar-refractivity contribution is 5.99. The van der Waals surface area contributed by atoms with Crippen molar-refractivity contribution in [2.45, 2.75) is 19.5 Å². The van der Waals surface area contributed by atoms with Crippen LogP contribution in [0, 0.1) is 0 Å². The lowest BCUT2D eigenvalue weighted by atomic mass is 10.1. The van der Waals surface area contributed by atoms with Crippen LogP contribution in [0.4, 0.5) is 16.3 Å². The van der Waals surface area contributed by atoms with Crippen molar-refractivity contribution in [3.05, 3.63) is 71.4 Å². The zero-order valence-electron chi connectivity index (χ0n) is 15.7. The van der Waals surface area contributed by atoms with Crippen LogP contribution < -0.4 is 15.4 Å². The predicted octanol–water partition coefficient (Wildman–Crippen LogP) is 3.62. The lowest BCUT2D eigenvalue weighted by Gasteiger charge is -2.26. The largest absolute Gasteiger partial charge is 0.497 e. The Hall–Kier alpha value is -3.32. The molecule has 7 heteroatoms. The van der Waals surface area contributed by atoms with Crippen molar-refractivity contribution >= 4 is 17.5 Å². The molecule has 0 saturated heterocycles. The molecule has 2 heterocycles. The van der Waals surface area contributed by atoms with Crippen molar-refractivity contribution in [3.63, 3.8) is 0 Å². The smallest absolute Gasteiger partial charge is 0.324 e. The number of amides is 2. The second-order valence-corrected chi connectivity index (χ2v) is 6.79. The Morgan fingerprint density at radius 2 is 2.04 bits per heavy atom. The van der Waals surface area contributed by atoms with Crippen molar-refractivity contribution in [1.29, 1.82) is 0 Å². The molecular weight excluding hydrogens is 354 g/mol. The van der Waals surface area contributed by atoms with E-state index in [1.54, 1.807) is 13.2 Å². The minimum atomic E-state index is -0.325. The molecule has 0 spiro atoms. The van der Waals surface area contributed by atoms with Gasteiger partial charge in [0, 0.05) is 37.0 Å². The summed E-state index contributed by atoms with van der Waals surface area (Å²) in [7, 11) is 1.59. The summed E-state index contributed by atoms with van der Waals surface area (Å²) in [5, 5.41) is 13.0. The second-order valence-electron chi connectivity index (χ2n) is 6.79. The number of hydrogen-bond donors (Lipinski definition) is 3. The molecule has 2 amide bonds. The number of aromatic nitrogens is 2. The number of urea groups is 1. The summed E-state index contributed by atoms with van der Waals surface area (Å²) in [6, 6.07) is 17.3. The molecule has 4 rings (SSSR count). The van der Waals surface area contributed by atoms with Crippen LogP contribution in [-0.2, 0) is 19.5 Å². The second kappa shape index (κ2) is 8.14. The van der Waals surface area contributed by atoms with Crippen molar-refractivity contribution in [3.8, 4) is 5.75 Å². The summed E-state index contributed by atoms with van der Waals surface area (Å²) in [5.41, 5.74) is 4.08. The number of H-pyrrole nitrogens is 1. The Kier molecular flexibility index (Phi) is 5.25. The van der Waals surface area contributed by atoms with E-state index >= 15 is 0 Å². The van der Waals surface area contributed by atoms with E-state index in [1.165, 1.54) is 5.56 Å². The minimum Gasteiger partial charge on any atom is -0.497 e. The van der Waals surface area contributed by atoms with Gasteiger partial charge >= 0.3 is 6.03 Å². The number of nitrogens with zero attached hydrogens (tertiary/aromatic N) is 2. The van der Waals surface area contributed by atoms with Gasteiger partial charge < -0.3 is 10.1 Å². The molecule has 0 saturated carbocycles. The summed E-state index contributed by atoms with van der Waals surface area (Å²) in [6.45, 7) is 2.61. The Labute approximate surface area is 163 Å². The molecule has 0 atom stereocenters. The van der Waals surface area contributed by atoms with Crippen molar-refractivity contribution in [1.82, 2.24) is 15.1 Å². The molecular formula is C21H23N5O2. The van der Waals surface area contributed by atoms with Crippen LogP contribution >= 0.6 is 0 Å². The third-order valence-corrected chi connectivity index (χ3v) is 4.82. The average molecular weight is 377 g/mol. The van der Waals surface area contributed by atoms with E-state index in [0.29, 0.717) is 17.3 Å². The van der Waals surface area contributed by atoms with E-state index in [9.17, 15) is 4.79 Å². The molecule has 0 fully saturated rings. The van der Waals surface area contributed by atoms with Gasteiger partial charge in [-0.1, -0.05) is 36.4 Å². The first-order chi connectivity index (χ1) is 13.7. The van der Waals surface area contributed by atoms with Gasteiger partial charge in [-0.2, -0.15) is 5.10 Å². The van der Waals surface area contributed by atoms with Crippen LogP contribution in [-0.4, -0.2) is 34.8 Å². The number of carbonyl (C=O) groups excluding carboxylic acids is 1. The van der Waals surface area contributed by atoms with Crippen LogP contribution in [0.1, 0.15) is 16.8 Å². The van der Waals surface area contributed by atoms with Crippen LogP contribution in [0.15, 0.2) is 54.6 Å². The topological polar surface area (TPSA) is 82.3 Å². The van der Waals surface area contributed by atoms with Crippen molar-refractivity contribution in [2.24, 2.45) is 0 Å². The molecule has 3 aromatic rings. The Morgan fingerprint density at radius 1 is 1.18 bits per heavy atom. The van der Waals surface area contributed by atoms with Gasteiger partial charge in [0.25, 0.3) is 0 Å². The quantitative estimate of drug-likeness (QED) is 0.634. The molecule has 1 aromatic heterocycles. The number of aromatic amines is 1. The molecule has 3 N–H and O–H groups in total. The molecule has 0 radical (unpaired) electrons. The third kappa shape index (κ3) is 4.15. The number of anilines is 2. The van der Waals surface area contributed by atoms with Crippen LogP contribution in [0.3, 0.4) is 0 Å². The van der Waals surface area contributed by atoms with E-state index < -0.39 is 0 Å². The maximum atomic E-state index is 12.3. The Bertz CT molecular complexity index is 954. The molecule has 1 aliphatic heterocycles. The molecule has 0 aliphatic carbocycles. The first-order valence-electron chi connectivity index (χ1n) is 9.26. The summed E-state index contributed by atoms with van der Waals surface area (Å²) in [4.78, 5) is 14.7. The molecule has 1 aliphatic rings. The number of nitrogens with one attached hydrogen (secondary N) is 3. The molecule has 0 unspecified atom stereocenters. The monoisotopic (exact) mass is 377 g/mol. The van der Waals surface area contributed by atoms with E-state index in [1.807, 2.05) is 24.3 Å². The van der Waals surface area contributed by atoms with Gasteiger partial charge in [-0.15, -0.1) is 0 Å². The lowest BCUT2D eigenvalue weighted by molar-refractivity contribution is 0.242. The first kappa shape index (κ1) is 18.1. The fraction of sp³-hybridized carbons (Fsp3) is 0.238. The molecule has 7 nitrogen and oxygen atoms in total. The fourth-order valence-corrected chi connectivity index (χ4v) is 3.42. The van der Waals surface area contributed by atoms with Gasteiger partial charge in [0.15, 0.2) is 5.82 Å². The molecule has 144 valence electrons. The summed E-state index contributed by atoms with van der Waals surface area (Å²) >= 11 is 0. The zero-order valence-corrected chi connectivity index (χ0v) is 15.7. The zero-order chi connectivity index (χ0) is 19.3. The lowest BCUT2D eigenvalue weighted by Crippen LogP contribution is -2.30. The van der Waals surface area contributed by atoms with Crippen LogP contribution in [0.2, 0.25) is 0 Å². The van der Waals surface area contributed by atoms with E-state index in [-0.39, 0.29) is 6.03 Å². The number of hydrogen-bond acceptors (Lipinski definition) is 4. The maximum Gasteiger partial charge on any atom is 0.324 e. The van der Waals surface area contributed by atoms with Gasteiger partial charge in [0.05, 0.1) is 12.8 Å². The molecule has 28 heavy (non-hydrogen) atoms. The highest BCUT2D eigenvalue weighted by Gasteiger charge is 2.22. The van der Waals surface area contributed by atoms with Crippen molar-refractivity contribution in [2.75, 3.05) is 24.3 Å². The number of fused-ring (bicyclic) bond motifs is 1. The number of ether oxygens (including phenoxy) is 1. The van der Waals surface area contributed by atoms with Gasteiger partial charge in [-0.3, -0.25) is 15.3 Å². The predicted molar refractivity (Wildman–Crippen MR) is 108 cm³/mol. The first-order valence-corrected chi connectivity index (χ1v) is 9.26. The van der Waals surface area contributed by atoms with Gasteiger partial charge in [0.2, 0.25) is 0 Å². The van der Waals surface area contributed by atoms with Gasteiger partial charge in [-0.25, -0.2) is 4.79 Å². The van der Waals surface area contributed by atoms with Gasteiger partial charge in [-0.05, 0) is 24.1 Å². The van der Waals surface area contributed by atoms with Crippen LogP contribution in [0.25, 0.3) is 0 Å². The Balaban J connectivity index is 1.38. The highest BCUT2D eigenvalue weighted by Crippen LogP contribution is 2.25. The summed E-state index contributed by atoms with van der Waals surface area (Å²) in [5.74, 6) is 1.28.